The second-order valence-electron chi connectivity index (χ2n) is 13.2. The summed E-state index contributed by atoms with van der Waals surface area (Å²) < 4.78 is 0. The van der Waals surface area contributed by atoms with Crippen molar-refractivity contribution in [3.05, 3.63) is 127 Å². The summed E-state index contributed by atoms with van der Waals surface area (Å²) in [5.74, 6) is 0. The zero-order valence-corrected chi connectivity index (χ0v) is 27.3. The summed E-state index contributed by atoms with van der Waals surface area (Å²) in [5, 5.41) is 0.878. The highest BCUT2D eigenvalue weighted by Gasteiger charge is 2.42. The first kappa shape index (κ1) is 27.9. The molecule has 41 heavy (non-hydrogen) atoms. The molecule has 0 nitrogen and oxygen atoms in total. The smallest absolute Gasteiger partial charge is 0.0361 e. The molecule has 0 radical (unpaired) electrons. The standard InChI is InChI=1S/C40H44S/c1-23-17-25(3)37(26(4)18-23)31-13-11-15-33-35(31)21-29(7)39(33)41(9,10)40-30(8)22-36-32(14-12-16-34(36)40)38-27(5)19-24(2)20-28(38)6/h11-22,39-40H,1-10H3. The Balaban J connectivity index is 1.47. The van der Waals surface area contributed by atoms with Crippen LogP contribution in [0.4, 0.5) is 0 Å². The maximum absolute atomic E-state index is 2.59. The monoisotopic (exact) mass is 556 g/mol. The lowest BCUT2D eigenvalue weighted by atomic mass is 9.90. The number of fused-ring (bicyclic) bond motifs is 2. The Hall–Kier alpha value is -3.29. The van der Waals surface area contributed by atoms with Gasteiger partial charge in [0.1, 0.15) is 0 Å². The molecule has 4 aromatic rings. The van der Waals surface area contributed by atoms with Gasteiger partial charge in [-0.3, -0.25) is 0 Å². The molecule has 0 spiro atoms. The molecule has 6 rings (SSSR count). The summed E-state index contributed by atoms with van der Waals surface area (Å²) in [6.45, 7) is 18.2. The van der Waals surface area contributed by atoms with Gasteiger partial charge in [-0.2, -0.15) is 0 Å². The number of benzene rings is 4. The van der Waals surface area contributed by atoms with Crippen LogP contribution in [0.25, 0.3) is 34.4 Å². The van der Waals surface area contributed by atoms with E-state index in [1.54, 1.807) is 0 Å². The second-order valence-corrected chi connectivity index (χ2v) is 17.1. The molecule has 0 saturated heterocycles. The van der Waals surface area contributed by atoms with Crippen LogP contribution in [0.15, 0.2) is 71.8 Å². The second kappa shape index (κ2) is 9.92. The van der Waals surface area contributed by atoms with Crippen LogP contribution in [0, 0.1) is 41.5 Å². The van der Waals surface area contributed by atoms with Gasteiger partial charge < -0.3 is 0 Å². The molecule has 4 aromatic carbocycles. The van der Waals surface area contributed by atoms with Crippen LogP contribution >= 0.6 is 10.0 Å². The fourth-order valence-electron chi connectivity index (χ4n) is 8.44. The number of aryl methyl sites for hydroxylation is 6. The van der Waals surface area contributed by atoms with Crippen molar-refractivity contribution in [1.82, 2.24) is 0 Å². The summed E-state index contributed by atoms with van der Waals surface area (Å²) in [6.07, 6.45) is 10.2. The molecule has 1 heteroatoms. The van der Waals surface area contributed by atoms with Crippen molar-refractivity contribution >= 4 is 22.2 Å². The summed E-state index contributed by atoms with van der Waals surface area (Å²) in [7, 11) is -1.15. The normalized spacial score (nSPS) is 18.2. The van der Waals surface area contributed by atoms with Gasteiger partial charge in [-0.1, -0.05) is 95.1 Å². The number of rotatable bonds is 4. The molecule has 2 aliphatic rings. The Kier molecular flexibility index (Phi) is 6.74. The van der Waals surface area contributed by atoms with Crippen molar-refractivity contribution in [1.29, 1.82) is 0 Å². The van der Waals surface area contributed by atoms with E-state index in [0.29, 0.717) is 10.5 Å². The van der Waals surface area contributed by atoms with Gasteiger partial charge >= 0.3 is 0 Å². The van der Waals surface area contributed by atoms with Crippen molar-refractivity contribution in [3.8, 4) is 22.3 Å². The minimum atomic E-state index is -1.15. The number of hydrogen-bond acceptors (Lipinski definition) is 0. The molecular weight excluding hydrogens is 513 g/mol. The van der Waals surface area contributed by atoms with Crippen LogP contribution in [0.3, 0.4) is 0 Å². The van der Waals surface area contributed by atoms with Crippen molar-refractivity contribution in [2.24, 2.45) is 0 Å². The van der Waals surface area contributed by atoms with Crippen LogP contribution in [-0.2, 0) is 0 Å². The van der Waals surface area contributed by atoms with Crippen LogP contribution in [0.1, 0.15) is 80.0 Å². The SMILES string of the molecule is CC1=Cc2c(-c3c(C)cc(C)cc3C)cccc2C1S(C)(C)C1C(C)=Cc2c(-c3c(C)cc(C)cc3C)cccc21. The van der Waals surface area contributed by atoms with Gasteiger partial charge in [-0.05, 0) is 135 Å². The van der Waals surface area contributed by atoms with Crippen LogP contribution in [-0.4, -0.2) is 12.5 Å². The van der Waals surface area contributed by atoms with E-state index in [1.807, 2.05) is 0 Å². The largest absolute Gasteiger partial charge is 0.226 e. The summed E-state index contributed by atoms with van der Waals surface area (Å²) in [6, 6.07) is 23.4. The Morgan fingerprint density at radius 3 is 1.17 bits per heavy atom. The molecule has 0 aromatic heterocycles. The first-order chi connectivity index (χ1) is 19.4. The van der Waals surface area contributed by atoms with Crippen molar-refractivity contribution in [2.45, 2.75) is 65.9 Å². The molecule has 0 bridgehead atoms. The van der Waals surface area contributed by atoms with Crippen molar-refractivity contribution in [3.63, 3.8) is 0 Å². The maximum atomic E-state index is 2.59. The molecule has 0 aliphatic heterocycles. The van der Waals surface area contributed by atoms with Crippen LogP contribution in [0.5, 0.6) is 0 Å². The lowest BCUT2D eigenvalue weighted by molar-refractivity contribution is 1.06. The number of hydrogen-bond donors (Lipinski definition) is 0. The van der Waals surface area contributed by atoms with E-state index in [9.17, 15) is 0 Å². The highest BCUT2D eigenvalue weighted by molar-refractivity contribution is 8.33. The Morgan fingerprint density at radius 2 is 0.829 bits per heavy atom. The van der Waals surface area contributed by atoms with E-state index in [2.05, 4.69) is 141 Å². The molecule has 0 N–H and O–H groups in total. The van der Waals surface area contributed by atoms with Gasteiger partial charge in [0.25, 0.3) is 0 Å². The molecule has 0 heterocycles. The minimum absolute atomic E-state index is 0.439. The molecule has 0 saturated carbocycles. The average molecular weight is 557 g/mol. The molecule has 0 fully saturated rings. The van der Waals surface area contributed by atoms with E-state index in [1.165, 1.54) is 89.0 Å². The molecule has 2 aliphatic carbocycles. The van der Waals surface area contributed by atoms with Crippen LogP contribution in [0.2, 0.25) is 0 Å². The fourth-order valence-corrected chi connectivity index (χ4v) is 12.5. The first-order valence-corrected chi connectivity index (χ1v) is 17.5. The third-order valence-corrected chi connectivity index (χ3v) is 13.2. The van der Waals surface area contributed by atoms with Gasteiger partial charge in [0.05, 0.1) is 0 Å². The van der Waals surface area contributed by atoms with Gasteiger partial charge in [0.2, 0.25) is 0 Å². The lowest BCUT2D eigenvalue weighted by Gasteiger charge is -2.46. The first-order valence-electron chi connectivity index (χ1n) is 14.9. The van der Waals surface area contributed by atoms with Gasteiger partial charge in [0.15, 0.2) is 0 Å². The average Bonchev–Trinajstić information content (AvgIpc) is 3.40. The van der Waals surface area contributed by atoms with Gasteiger partial charge in [-0.15, -0.1) is 0 Å². The molecule has 2 atom stereocenters. The highest BCUT2D eigenvalue weighted by atomic mass is 32.3. The third-order valence-electron chi connectivity index (χ3n) is 9.52. The topological polar surface area (TPSA) is 0 Å². The van der Waals surface area contributed by atoms with E-state index >= 15 is 0 Å². The summed E-state index contributed by atoms with van der Waals surface area (Å²) in [4.78, 5) is 0. The van der Waals surface area contributed by atoms with Gasteiger partial charge in [0, 0.05) is 10.5 Å². The summed E-state index contributed by atoms with van der Waals surface area (Å²) in [5.41, 5.74) is 22.7. The van der Waals surface area contributed by atoms with Crippen molar-refractivity contribution < 1.29 is 0 Å². The third kappa shape index (κ3) is 4.36. The zero-order chi connectivity index (χ0) is 29.4. The quantitative estimate of drug-likeness (QED) is 0.234. The molecular formula is C40H44S. The minimum Gasteiger partial charge on any atom is -0.226 e. The highest BCUT2D eigenvalue weighted by Crippen LogP contribution is 2.72. The van der Waals surface area contributed by atoms with E-state index in [4.69, 9.17) is 0 Å². The Morgan fingerprint density at radius 1 is 0.488 bits per heavy atom. The summed E-state index contributed by atoms with van der Waals surface area (Å²) >= 11 is 0. The van der Waals surface area contributed by atoms with E-state index < -0.39 is 10.0 Å². The predicted molar refractivity (Wildman–Crippen MR) is 184 cm³/mol. The predicted octanol–water partition coefficient (Wildman–Crippen LogP) is 11.6. The molecule has 0 amide bonds. The van der Waals surface area contributed by atoms with Crippen molar-refractivity contribution in [2.75, 3.05) is 12.5 Å². The maximum Gasteiger partial charge on any atom is 0.0361 e. The lowest BCUT2D eigenvalue weighted by Crippen LogP contribution is -2.16. The van der Waals surface area contributed by atoms with E-state index in [0.717, 1.165) is 0 Å². The Labute approximate surface area is 249 Å². The fraction of sp³-hybridized carbons (Fsp3) is 0.300. The Bertz CT molecular complexity index is 1610. The molecule has 2 unspecified atom stereocenters. The molecule has 210 valence electrons. The van der Waals surface area contributed by atoms with Crippen LogP contribution < -0.4 is 0 Å². The van der Waals surface area contributed by atoms with E-state index in [-0.39, 0.29) is 0 Å². The van der Waals surface area contributed by atoms with Gasteiger partial charge in [-0.25, -0.2) is 10.0 Å². The zero-order valence-electron chi connectivity index (χ0n) is 26.5.